The van der Waals surface area contributed by atoms with Gasteiger partial charge in [-0.15, -0.1) is 0 Å². The predicted octanol–water partition coefficient (Wildman–Crippen LogP) is 1.46. The summed E-state index contributed by atoms with van der Waals surface area (Å²) < 4.78 is 1.83. The van der Waals surface area contributed by atoms with Crippen LogP contribution in [0.15, 0.2) is 30.6 Å². The number of hydrogen-bond donors (Lipinski definition) is 1. The molecular formula is C13H18N4. The largest absolute Gasteiger partial charge is 0.312 e. The molecule has 2 aromatic rings. The van der Waals surface area contributed by atoms with Crippen molar-refractivity contribution < 1.29 is 0 Å². The van der Waals surface area contributed by atoms with Crippen LogP contribution in [0.5, 0.6) is 0 Å². The zero-order valence-corrected chi connectivity index (χ0v) is 10.3. The Bertz CT molecular complexity index is 459. The molecule has 0 saturated carbocycles. The van der Waals surface area contributed by atoms with Crippen molar-refractivity contribution >= 4 is 0 Å². The lowest BCUT2D eigenvalue weighted by atomic mass is 10.2. The van der Waals surface area contributed by atoms with Crippen LogP contribution in [-0.4, -0.2) is 21.3 Å². The normalized spacial score (nSPS) is 10.7. The molecule has 2 rings (SSSR count). The molecule has 17 heavy (non-hydrogen) atoms. The minimum atomic E-state index is 0.861. The Morgan fingerprint density at radius 1 is 1.29 bits per heavy atom. The van der Waals surface area contributed by atoms with Gasteiger partial charge in [0.2, 0.25) is 0 Å². The summed E-state index contributed by atoms with van der Waals surface area (Å²) in [7, 11) is 1.94. The summed E-state index contributed by atoms with van der Waals surface area (Å²) in [5.41, 5.74) is 3.40. The number of aromatic nitrogens is 3. The maximum absolute atomic E-state index is 4.33. The maximum Gasteiger partial charge on any atom is 0.0637 e. The molecule has 0 bridgehead atoms. The van der Waals surface area contributed by atoms with Gasteiger partial charge in [-0.2, -0.15) is 5.10 Å². The number of nitrogens with zero attached hydrogens (tertiary/aromatic N) is 3. The highest BCUT2D eigenvalue weighted by atomic mass is 15.2. The number of pyridine rings is 1. The average molecular weight is 230 g/mol. The quantitative estimate of drug-likeness (QED) is 0.791. The van der Waals surface area contributed by atoms with Gasteiger partial charge in [-0.05, 0) is 24.6 Å². The predicted molar refractivity (Wildman–Crippen MR) is 67.6 cm³/mol. The lowest BCUT2D eigenvalue weighted by Gasteiger charge is -2.03. The van der Waals surface area contributed by atoms with Gasteiger partial charge in [0, 0.05) is 44.6 Å². The number of aryl methyl sites for hydroxylation is 2. The van der Waals surface area contributed by atoms with Crippen LogP contribution in [0.25, 0.3) is 0 Å². The van der Waals surface area contributed by atoms with Crippen molar-refractivity contribution in [2.75, 3.05) is 6.54 Å². The summed E-state index contributed by atoms with van der Waals surface area (Å²) in [5, 5.41) is 7.72. The molecule has 0 aliphatic rings. The summed E-state index contributed by atoms with van der Waals surface area (Å²) in [6.07, 6.45) is 4.85. The summed E-state index contributed by atoms with van der Waals surface area (Å²) in [6, 6.07) is 6.20. The second-order valence-corrected chi connectivity index (χ2v) is 4.22. The molecular weight excluding hydrogens is 212 g/mol. The molecule has 2 heterocycles. The maximum atomic E-state index is 4.33. The smallest absolute Gasteiger partial charge is 0.0637 e. The first-order valence-electron chi connectivity index (χ1n) is 5.85. The molecule has 0 aliphatic heterocycles. The Hall–Kier alpha value is -1.68. The molecule has 1 N–H and O–H groups in total. The van der Waals surface area contributed by atoms with E-state index in [1.807, 2.05) is 37.1 Å². The number of hydrogen-bond acceptors (Lipinski definition) is 3. The van der Waals surface area contributed by atoms with E-state index in [2.05, 4.69) is 27.5 Å². The molecule has 2 aromatic heterocycles. The average Bonchev–Trinajstić information content (AvgIpc) is 2.73. The molecule has 4 nitrogen and oxygen atoms in total. The van der Waals surface area contributed by atoms with Gasteiger partial charge in [0.15, 0.2) is 0 Å². The van der Waals surface area contributed by atoms with Crippen LogP contribution >= 0.6 is 0 Å². The van der Waals surface area contributed by atoms with Crippen molar-refractivity contribution in [1.29, 1.82) is 0 Å². The van der Waals surface area contributed by atoms with E-state index in [4.69, 9.17) is 0 Å². The summed E-state index contributed by atoms with van der Waals surface area (Å²) in [6.45, 7) is 3.79. The Labute approximate surface area is 102 Å². The van der Waals surface area contributed by atoms with Crippen molar-refractivity contribution in [1.82, 2.24) is 20.1 Å². The van der Waals surface area contributed by atoms with Gasteiger partial charge >= 0.3 is 0 Å². The zero-order valence-electron chi connectivity index (χ0n) is 10.3. The first kappa shape index (κ1) is 11.8. The minimum absolute atomic E-state index is 0.861. The lowest BCUT2D eigenvalue weighted by Crippen LogP contribution is -2.17. The van der Waals surface area contributed by atoms with Gasteiger partial charge in [0.05, 0.1) is 5.69 Å². The highest BCUT2D eigenvalue weighted by Gasteiger charge is 1.97. The molecule has 0 spiro atoms. The minimum Gasteiger partial charge on any atom is -0.312 e. The second kappa shape index (κ2) is 5.59. The van der Waals surface area contributed by atoms with Crippen LogP contribution in [0.1, 0.15) is 17.0 Å². The van der Waals surface area contributed by atoms with Crippen molar-refractivity contribution in [3.05, 3.63) is 47.5 Å². The third-order valence-corrected chi connectivity index (χ3v) is 2.63. The second-order valence-electron chi connectivity index (χ2n) is 4.22. The highest BCUT2D eigenvalue weighted by Crippen LogP contribution is 1.99. The fourth-order valence-electron chi connectivity index (χ4n) is 1.65. The van der Waals surface area contributed by atoms with E-state index in [9.17, 15) is 0 Å². The molecule has 0 amide bonds. The van der Waals surface area contributed by atoms with Gasteiger partial charge in [0.25, 0.3) is 0 Å². The van der Waals surface area contributed by atoms with Crippen LogP contribution in [0.4, 0.5) is 0 Å². The van der Waals surface area contributed by atoms with Crippen molar-refractivity contribution in [3.63, 3.8) is 0 Å². The van der Waals surface area contributed by atoms with E-state index >= 15 is 0 Å². The number of nitrogens with one attached hydrogen (secondary N) is 1. The molecule has 4 heteroatoms. The molecule has 0 saturated heterocycles. The molecule has 90 valence electrons. The monoisotopic (exact) mass is 230 g/mol. The van der Waals surface area contributed by atoms with Crippen LogP contribution in [0, 0.1) is 6.92 Å². The molecule has 0 fully saturated rings. The van der Waals surface area contributed by atoms with E-state index in [-0.39, 0.29) is 0 Å². The topological polar surface area (TPSA) is 42.7 Å². The Kier molecular flexibility index (Phi) is 3.88. The Morgan fingerprint density at radius 3 is 2.82 bits per heavy atom. The zero-order chi connectivity index (χ0) is 12.1. The van der Waals surface area contributed by atoms with Crippen molar-refractivity contribution in [2.45, 2.75) is 19.9 Å². The van der Waals surface area contributed by atoms with E-state index in [0.717, 1.165) is 30.9 Å². The van der Waals surface area contributed by atoms with E-state index in [0.29, 0.717) is 0 Å². The molecule has 0 atom stereocenters. The van der Waals surface area contributed by atoms with E-state index in [1.54, 1.807) is 0 Å². The molecule has 0 aliphatic carbocycles. The third-order valence-electron chi connectivity index (χ3n) is 2.63. The van der Waals surface area contributed by atoms with E-state index in [1.165, 1.54) is 5.56 Å². The molecule has 0 unspecified atom stereocenters. The van der Waals surface area contributed by atoms with Crippen LogP contribution < -0.4 is 5.32 Å². The van der Waals surface area contributed by atoms with Crippen LogP contribution in [-0.2, 0) is 20.0 Å². The van der Waals surface area contributed by atoms with Gasteiger partial charge < -0.3 is 5.32 Å². The SMILES string of the molecule is Cc1ccc(CNCCc2ccn(C)n2)cn1. The standard InChI is InChI=1S/C13H18N4/c1-11-3-4-12(10-15-11)9-14-7-5-13-6-8-17(2)16-13/h3-4,6,8,10,14H,5,7,9H2,1-2H3. The molecule has 0 radical (unpaired) electrons. The first-order valence-corrected chi connectivity index (χ1v) is 5.85. The van der Waals surface area contributed by atoms with Gasteiger partial charge in [-0.25, -0.2) is 0 Å². The van der Waals surface area contributed by atoms with Crippen molar-refractivity contribution in [3.8, 4) is 0 Å². The summed E-state index contributed by atoms with van der Waals surface area (Å²) >= 11 is 0. The van der Waals surface area contributed by atoms with Crippen molar-refractivity contribution in [2.24, 2.45) is 7.05 Å². The van der Waals surface area contributed by atoms with E-state index < -0.39 is 0 Å². The third kappa shape index (κ3) is 3.67. The highest BCUT2D eigenvalue weighted by molar-refractivity contribution is 5.12. The Morgan fingerprint density at radius 2 is 2.18 bits per heavy atom. The fraction of sp³-hybridized carbons (Fsp3) is 0.385. The molecule has 0 aromatic carbocycles. The van der Waals surface area contributed by atoms with Gasteiger partial charge in [0.1, 0.15) is 0 Å². The summed E-state index contributed by atoms with van der Waals surface area (Å²) in [5.74, 6) is 0. The fourth-order valence-corrected chi connectivity index (χ4v) is 1.65. The lowest BCUT2D eigenvalue weighted by molar-refractivity contribution is 0.664. The first-order chi connectivity index (χ1) is 8.24. The van der Waals surface area contributed by atoms with Crippen LogP contribution in [0.3, 0.4) is 0 Å². The van der Waals surface area contributed by atoms with Gasteiger partial charge in [-0.3, -0.25) is 9.67 Å². The van der Waals surface area contributed by atoms with Gasteiger partial charge in [-0.1, -0.05) is 6.07 Å². The van der Waals surface area contributed by atoms with Crippen LogP contribution in [0.2, 0.25) is 0 Å². The number of rotatable bonds is 5. The Balaban J connectivity index is 1.71. The summed E-state index contributed by atoms with van der Waals surface area (Å²) in [4.78, 5) is 4.26.